The minimum absolute atomic E-state index is 0.0482. The van der Waals surface area contributed by atoms with E-state index in [4.69, 9.17) is 11.0 Å². The highest BCUT2D eigenvalue weighted by atomic mass is 19.1. The van der Waals surface area contributed by atoms with Gasteiger partial charge >= 0.3 is 0 Å². The number of nitrogens with zero attached hydrogens (tertiary/aromatic N) is 4. The Kier molecular flexibility index (Phi) is 4.83. The van der Waals surface area contributed by atoms with Gasteiger partial charge in [-0.15, -0.1) is 0 Å². The van der Waals surface area contributed by atoms with E-state index in [9.17, 15) is 4.39 Å². The van der Waals surface area contributed by atoms with Crippen LogP contribution in [0.5, 0.6) is 0 Å². The van der Waals surface area contributed by atoms with E-state index in [1.807, 2.05) is 6.07 Å². The molecule has 0 fully saturated rings. The summed E-state index contributed by atoms with van der Waals surface area (Å²) in [5.74, 6) is -0.266. The van der Waals surface area contributed by atoms with E-state index < -0.39 is 0 Å². The Morgan fingerprint density at radius 1 is 1.32 bits per heavy atom. The Labute approximate surface area is 127 Å². The number of allylic oxidation sites excluding steroid dienone is 1. The van der Waals surface area contributed by atoms with E-state index in [-0.39, 0.29) is 23.9 Å². The Hall–Kier alpha value is -3.20. The highest BCUT2D eigenvalue weighted by Gasteiger charge is 2.12. The second-order valence-electron chi connectivity index (χ2n) is 4.41. The van der Waals surface area contributed by atoms with Crippen LogP contribution in [-0.2, 0) is 6.54 Å². The number of nitrogens with two attached hydrogens (primary N) is 1. The second-order valence-corrected chi connectivity index (χ2v) is 4.41. The van der Waals surface area contributed by atoms with Crippen LogP contribution in [-0.4, -0.2) is 15.8 Å². The molecule has 2 rings (SSSR count). The fraction of sp³-hybridized carbons (Fsp3) is 0.0625. The first kappa shape index (κ1) is 15.2. The lowest BCUT2D eigenvalue weighted by Crippen LogP contribution is -2.23. The number of hydrogen-bond acceptors (Lipinski definition) is 4. The summed E-state index contributed by atoms with van der Waals surface area (Å²) in [6.07, 6.45) is 1.58. The van der Waals surface area contributed by atoms with Crippen LogP contribution in [0.25, 0.3) is 0 Å². The van der Waals surface area contributed by atoms with E-state index in [1.165, 1.54) is 11.1 Å². The van der Waals surface area contributed by atoms with E-state index in [1.54, 1.807) is 42.6 Å². The van der Waals surface area contributed by atoms with Gasteiger partial charge in [0.25, 0.3) is 0 Å². The summed E-state index contributed by atoms with van der Waals surface area (Å²) in [4.78, 5) is 4.07. The fourth-order valence-corrected chi connectivity index (χ4v) is 1.73. The van der Waals surface area contributed by atoms with E-state index in [0.29, 0.717) is 11.3 Å². The molecule has 0 saturated heterocycles. The molecule has 0 unspecified atom stereocenters. The molecule has 0 amide bonds. The quantitative estimate of drug-likeness (QED) is 0.397. The number of hydrogen-bond donors (Lipinski definition) is 1. The van der Waals surface area contributed by atoms with Gasteiger partial charge in [0.1, 0.15) is 23.3 Å². The first-order chi connectivity index (χ1) is 10.6. The van der Waals surface area contributed by atoms with Crippen molar-refractivity contribution in [3.05, 3.63) is 78.0 Å². The number of benzene rings is 1. The Balaban J connectivity index is 2.30. The summed E-state index contributed by atoms with van der Waals surface area (Å²) >= 11 is 0. The summed E-state index contributed by atoms with van der Waals surface area (Å²) in [7, 11) is 0. The molecule has 0 aliphatic heterocycles. The van der Waals surface area contributed by atoms with Gasteiger partial charge in [-0.2, -0.15) is 10.4 Å². The van der Waals surface area contributed by atoms with Crippen molar-refractivity contribution in [3.63, 3.8) is 0 Å². The molecule has 1 aromatic heterocycles. The fourth-order valence-electron chi connectivity index (χ4n) is 1.73. The van der Waals surface area contributed by atoms with E-state index in [0.717, 1.165) is 0 Å². The summed E-state index contributed by atoms with van der Waals surface area (Å²) in [5.41, 5.74) is 6.79. The van der Waals surface area contributed by atoms with Crippen LogP contribution >= 0.6 is 0 Å². The standard InChI is InChI=1S/C16H14FN5/c1-12(10-18)22(11-13-6-2-3-7-14(13)17)21-16(19)15-8-4-5-9-20-15/h2-9H,1,11H2,(H2,19,21). The Morgan fingerprint density at radius 3 is 2.68 bits per heavy atom. The van der Waals surface area contributed by atoms with Gasteiger partial charge in [-0.1, -0.05) is 30.8 Å². The first-order valence-electron chi connectivity index (χ1n) is 6.47. The SMILES string of the molecule is C=C(C#N)N(Cc1ccccc1F)/N=C(\N)c1ccccn1. The molecule has 6 heteroatoms. The van der Waals surface area contributed by atoms with Crippen molar-refractivity contribution in [1.29, 1.82) is 5.26 Å². The highest BCUT2D eigenvalue weighted by Crippen LogP contribution is 2.14. The van der Waals surface area contributed by atoms with Gasteiger partial charge in [-0.3, -0.25) is 4.98 Å². The van der Waals surface area contributed by atoms with Crippen molar-refractivity contribution in [2.45, 2.75) is 6.54 Å². The maximum absolute atomic E-state index is 13.7. The first-order valence-corrected chi connectivity index (χ1v) is 6.47. The van der Waals surface area contributed by atoms with Gasteiger partial charge in [-0.25, -0.2) is 9.40 Å². The Bertz CT molecular complexity index is 734. The van der Waals surface area contributed by atoms with Crippen LogP contribution < -0.4 is 5.73 Å². The van der Waals surface area contributed by atoms with Gasteiger partial charge in [0.05, 0.1) is 6.54 Å². The summed E-state index contributed by atoms with van der Waals surface area (Å²) in [6.45, 7) is 3.65. The molecular formula is C16H14FN5. The molecule has 0 radical (unpaired) electrons. The van der Waals surface area contributed by atoms with Crippen molar-refractivity contribution < 1.29 is 4.39 Å². The van der Waals surface area contributed by atoms with Crippen LogP contribution in [0.4, 0.5) is 4.39 Å². The number of nitriles is 1. The smallest absolute Gasteiger partial charge is 0.169 e. The molecule has 5 nitrogen and oxygen atoms in total. The zero-order chi connectivity index (χ0) is 15.9. The van der Waals surface area contributed by atoms with Gasteiger partial charge in [0, 0.05) is 11.8 Å². The molecule has 0 saturated carbocycles. The van der Waals surface area contributed by atoms with Crippen molar-refractivity contribution in [3.8, 4) is 6.07 Å². The molecule has 0 spiro atoms. The second kappa shape index (κ2) is 6.99. The molecular weight excluding hydrogens is 281 g/mol. The van der Waals surface area contributed by atoms with Crippen molar-refractivity contribution >= 4 is 5.84 Å². The molecule has 1 aromatic carbocycles. The van der Waals surface area contributed by atoms with Gasteiger partial charge in [-0.05, 0) is 18.2 Å². The minimum Gasteiger partial charge on any atom is -0.380 e. The molecule has 2 N–H and O–H groups in total. The predicted molar refractivity (Wildman–Crippen MR) is 81.7 cm³/mol. The molecule has 0 atom stereocenters. The molecule has 22 heavy (non-hydrogen) atoms. The molecule has 0 bridgehead atoms. The third-order valence-electron chi connectivity index (χ3n) is 2.87. The van der Waals surface area contributed by atoms with Crippen LogP contribution in [0.2, 0.25) is 0 Å². The predicted octanol–water partition coefficient (Wildman–Crippen LogP) is 2.38. The van der Waals surface area contributed by atoms with E-state index in [2.05, 4.69) is 16.7 Å². The number of aromatic nitrogens is 1. The maximum Gasteiger partial charge on any atom is 0.169 e. The number of halogens is 1. The van der Waals surface area contributed by atoms with Crippen molar-refractivity contribution in [1.82, 2.24) is 9.99 Å². The third kappa shape index (κ3) is 3.67. The maximum atomic E-state index is 13.7. The lowest BCUT2D eigenvalue weighted by Gasteiger charge is -2.18. The number of hydrazone groups is 1. The van der Waals surface area contributed by atoms with Crippen LogP contribution in [0.3, 0.4) is 0 Å². The minimum atomic E-state index is -0.384. The van der Waals surface area contributed by atoms with E-state index >= 15 is 0 Å². The molecule has 2 aromatic rings. The summed E-state index contributed by atoms with van der Waals surface area (Å²) in [6, 6.07) is 13.3. The molecule has 1 heterocycles. The lowest BCUT2D eigenvalue weighted by atomic mass is 10.2. The average molecular weight is 295 g/mol. The zero-order valence-electron chi connectivity index (χ0n) is 11.8. The molecule has 0 aliphatic carbocycles. The number of rotatable bonds is 5. The lowest BCUT2D eigenvalue weighted by molar-refractivity contribution is 0.364. The van der Waals surface area contributed by atoms with Crippen LogP contribution in [0.15, 0.2) is 66.0 Å². The van der Waals surface area contributed by atoms with Gasteiger partial charge < -0.3 is 5.73 Å². The topological polar surface area (TPSA) is 78.3 Å². The Morgan fingerprint density at radius 2 is 2.05 bits per heavy atom. The van der Waals surface area contributed by atoms with Crippen LogP contribution in [0.1, 0.15) is 11.3 Å². The largest absolute Gasteiger partial charge is 0.380 e. The zero-order valence-corrected chi connectivity index (χ0v) is 11.8. The highest BCUT2D eigenvalue weighted by molar-refractivity contribution is 5.95. The summed E-state index contributed by atoms with van der Waals surface area (Å²) in [5, 5.41) is 14.4. The summed E-state index contributed by atoms with van der Waals surface area (Å²) < 4.78 is 13.7. The van der Waals surface area contributed by atoms with Crippen molar-refractivity contribution in [2.75, 3.05) is 0 Å². The normalized spacial score (nSPS) is 10.8. The monoisotopic (exact) mass is 295 g/mol. The average Bonchev–Trinajstić information content (AvgIpc) is 2.56. The molecule has 0 aliphatic rings. The van der Waals surface area contributed by atoms with Crippen LogP contribution in [0, 0.1) is 17.1 Å². The number of pyridine rings is 1. The van der Waals surface area contributed by atoms with Gasteiger partial charge in [0.15, 0.2) is 5.84 Å². The number of amidine groups is 1. The van der Waals surface area contributed by atoms with Gasteiger partial charge in [0.2, 0.25) is 0 Å². The third-order valence-corrected chi connectivity index (χ3v) is 2.87. The molecule has 110 valence electrons. The van der Waals surface area contributed by atoms with Crippen molar-refractivity contribution in [2.24, 2.45) is 10.8 Å².